The van der Waals surface area contributed by atoms with Crippen LogP contribution in [0.1, 0.15) is 17.3 Å². The average molecular weight is 200 g/mol. The Labute approximate surface area is 81.1 Å². The maximum absolute atomic E-state index is 11.3. The summed E-state index contributed by atoms with van der Waals surface area (Å²) in [7, 11) is 0. The van der Waals surface area contributed by atoms with Crippen LogP contribution < -0.4 is 11.1 Å². The predicted octanol–water partition coefficient (Wildman–Crippen LogP) is 1.07. The largest absolute Gasteiger partial charge is 0.382 e. The molecule has 0 bridgehead atoms. The van der Waals surface area contributed by atoms with Gasteiger partial charge in [-0.1, -0.05) is 11.6 Å². The Bertz CT molecular complexity index is 327. The fourth-order valence-corrected chi connectivity index (χ4v) is 1.00. The molecule has 0 aromatic carbocycles. The van der Waals surface area contributed by atoms with Crippen molar-refractivity contribution in [1.82, 2.24) is 10.3 Å². The maximum Gasteiger partial charge on any atom is 0.252 e. The molecule has 0 aliphatic rings. The number of aromatic nitrogens is 1. The third-order valence-electron chi connectivity index (χ3n) is 1.47. The van der Waals surface area contributed by atoms with E-state index in [1.54, 1.807) is 0 Å². The number of nitrogens with two attached hydrogens (primary N) is 1. The van der Waals surface area contributed by atoms with Gasteiger partial charge in [-0.25, -0.2) is 4.98 Å². The Morgan fingerprint density at radius 2 is 2.46 bits per heavy atom. The number of amides is 1. The summed E-state index contributed by atoms with van der Waals surface area (Å²) in [6.07, 6.45) is 1.40. The minimum atomic E-state index is -0.197. The SMILES string of the molecule is CCNC(=O)c1cnc(N)c(Cl)c1. The van der Waals surface area contributed by atoms with Gasteiger partial charge in [0.15, 0.2) is 0 Å². The number of nitrogen functional groups attached to an aromatic ring is 1. The molecule has 0 spiro atoms. The molecule has 3 N–H and O–H groups in total. The number of carbonyl (C=O) groups is 1. The van der Waals surface area contributed by atoms with Gasteiger partial charge in [0.1, 0.15) is 5.82 Å². The van der Waals surface area contributed by atoms with Crippen LogP contribution in [0.4, 0.5) is 5.82 Å². The molecule has 0 unspecified atom stereocenters. The summed E-state index contributed by atoms with van der Waals surface area (Å²) in [6.45, 7) is 2.41. The average Bonchev–Trinajstić information content (AvgIpc) is 2.10. The lowest BCUT2D eigenvalue weighted by Gasteiger charge is -2.02. The van der Waals surface area contributed by atoms with Crippen LogP contribution in [0.25, 0.3) is 0 Å². The first-order chi connectivity index (χ1) is 6.15. The lowest BCUT2D eigenvalue weighted by Crippen LogP contribution is -2.22. The summed E-state index contributed by atoms with van der Waals surface area (Å²) in [4.78, 5) is 15.0. The number of anilines is 1. The van der Waals surface area contributed by atoms with Crippen LogP contribution in [0.15, 0.2) is 12.3 Å². The molecule has 4 nitrogen and oxygen atoms in total. The van der Waals surface area contributed by atoms with Gasteiger partial charge in [0, 0.05) is 12.7 Å². The van der Waals surface area contributed by atoms with Crippen LogP contribution in [-0.4, -0.2) is 17.4 Å². The van der Waals surface area contributed by atoms with Crippen molar-refractivity contribution in [2.75, 3.05) is 12.3 Å². The van der Waals surface area contributed by atoms with Crippen molar-refractivity contribution < 1.29 is 4.79 Å². The van der Waals surface area contributed by atoms with Gasteiger partial charge in [0.05, 0.1) is 10.6 Å². The quantitative estimate of drug-likeness (QED) is 0.749. The van der Waals surface area contributed by atoms with E-state index in [0.29, 0.717) is 17.1 Å². The molecule has 0 saturated carbocycles. The first kappa shape index (κ1) is 9.80. The Balaban J connectivity index is 2.90. The van der Waals surface area contributed by atoms with E-state index < -0.39 is 0 Å². The second kappa shape index (κ2) is 4.09. The van der Waals surface area contributed by atoms with Crippen molar-refractivity contribution in [3.63, 3.8) is 0 Å². The lowest BCUT2D eigenvalue weighted by molar-refractivity contribution is 0.0955. The maximum atomic E-state index is 11.3. The molecule has 1 rings (SSSR count). The van der Waals surface area contributed by atoms with Crippen molar-refractivity contribution >= 4 is 23.3 Å². The molecule has 0 atom stereocenters. The van der Waals surface area contributed by atoms with E-state index >= 15 is 0 Å². The number of pyridine rings is 1. The highest BCUT2D eigenvalue weighted by Crippen LogP contribution is 2.16. The summed E-state index contributed by atoms with van der Waals surface area (Å²) in [5, 5.41) is 2.93. The van der Waals surface area contributed by atoms with Gasteiger partial charge in [0.2, 0.25) is 0 Å². The summed E-state index contributed by atoms with van der Waals surface area (Å²) >= 11 is 5.69. The number of rotatable bonds is 2. The first-order valence-electron chi connectivity index (χ1n) is 3.84. The molecule has 1 amide bonds. The summed E-state index contributed by atoms with van der Waals surface area (Å²) in [5.41, 5.74) is 5.81. The van der Waals surface area contributed by atoms with Gasteiger partial charge >= 0.3 is 0 Å². The van der Waals surface area contributed by atoms with Crippen molar-refractivity contribution in [3.8, 4) is 0 Å². The fraction of sp³-hybridized carbons (Fsp3) is 0.250. The molecule has 0 saturated heterocycles. The molecule has 0 aliphatic heterocycles. The van der Waals surface area contributed by atoms with Gasteiger partial charge in [-0.15, -0.1) is 0 Å². The minimum Gasteiger partial charge on any atom is -0.382 e. The first-order valence-corrected chi connectivity index (χ1v) is 4.22. The van der Waals surface area contributed by atoms with Gasteiger partial charge in [-0.05, 0) is 13.0 Å². The molecule has 1 aromatic heterocycles. The topological polar surface area (TPSA) is 68.0 Å². The van der Waals surface area contributed by atoms with Crippen LogP contribution in [-0.2, 0) is 0 Å². The Hall–Kier alpha value is -1.29. The van der Waals surface area contributed by atoms with Crippen molar-refractivity contribution in [3.05, 3.63) is 22.8 Å². The zero-order valence-corrected chi connectivity index (χ0v) is 7.93. The van der Waals surface area contributed by atoms with E-state index in [-0.39, 0.29) is 11.7 Å². The van der Waals surface area contributed by atoms with Crippen molar-refractivity contribution in [1.29, 1.82) is 0 Å². The molecule has 13 heavy (non-hydrogen) atoms. The molecule has 1 heterocycles. The van der Waals surface area contributed by atoms with Crippen LogP contribution in [0, 0.1) is 0 Å². The van der Waals surface area contributed by atoms with Gasteiger partial charge in [-0.2, -0.15) is 0 Å². The van der Waals surface area contributed by atoms with Gasteiger partial charge in [-0.3, -0.25) is 4.79 Å². The van der Waals surface area contributed by atoms with Crippen molar-refractivity contribution in [2.45, 2.75) is 6.92 Å². The van der Waals surface area contributed by atoms with Crippen molar-refractivity contribution in [2.24, 2.45) is 0 Å². The minimum absolute atomic E-state index is 0.197. The standard InChI is InChI=1S/C8H10ClN3O/c1-2-11-8(13)5-3-6(9)7(10)12-4-5/h3-4H,2H2,1H3,(H2,10,12)(H,11,13). The van der Waals surface area contributed by atoms with Crippen LogP contribution in [0.5, 0.6) is 0 Å². The Morgan fingerprint density at radius 1 is 1.77 bits per heavy atom. The normalized spacial score (nSPS) is 9.69. The highest BCUT2D eigenvalue weighted by atomic mass is 35.5. The highest BCUT2D eigenvalue weighted by molar-refractivity contribution is 6.33. The van der Waals surface area contributed by atoms with E-state index in [1.807, 2.05) is 6.92 Å². The molecule has 0 aliphatic carbocycles. The fourth-order valence-electron chi connectivity index (χ4n) is 0.835. The third kappa shape index (κ3) is 2.32. The molecular formula is C8H10ClN3O. The van der Waals surface area contributed by atoms with E-state index in [1.165, 1.54) is 12.3 Å². The van der Waals surface area contributed by atoms with E-state index in [9.17, 15) is 4.79 Å². The number of carbonyl (C=O) groups excluding carboxylic acids is 1. The highest BCUT2D eigenvalue weighted by Gasteiger charge is 2.06. The Kier molecular flexibility index (Phi) is 3.08. The number of hydrogen-bond acceptors (Lipinski definition) is 3. The van der Waals surface area contributed by atoms with Crippen LogP contribution in [0.2, 0.25) is 5.02 Å². The molecular weight excluding hydrogens is 190 g/mol. The summed E-state index contributed by atoms with van der Waals surface area (Å²) in [5.74, 6) is 0.0339. The van der Waals surface area contributed by atoms with E-state index in [4.69, 9.17) is 17.3 Å². The second-order valence-corrected chi connectivity index (χ2v) is 2.86. The van der Waals surface area contributed by atoms with Crippen LogP contribution in [0.3, 0.4) is 0 Å². The van der Waals surface area contributed by atoms with Gasteiger partial charge in [0.25, 0.3) is 5.91 Å². The number of nitrogens with zero attached hydrogens (tertiary/aromatic N) is 1. The zero-order valence-electron chi connectivity index (χ0n) is 7.17. The van der Waals surface area contributed by atoms with Crippen LogP contribution >= 0.6 is 11.6 Å². The molecule has 0 fully saturated rings. The molecule has 5 heteroatoms. The number of nitrogens with one attached hydrogen (secondary N) is 1. The molecule has 1 aromatic rings. The van der Waals surface area contributed by atoms with E-state index in [2.05, 4.69) is 10.3 Å². The molecule has 0 radical (unpaired) electrons. The molecule has 70 valence electrons. The second-order valence-electron chi connectivity index (χ2n) is 2.45. The van der Waals surface area contributed by atoms with Gasteiger partial charge < -0.3 is 11.1 Å². The smallest absolute Gasteiger partial charge is 0.252 e. The van der Waals surface area contributed by atoms with E-state index in [0.717, 1.165) is 0 Å². The zero-order chi connectivity index (χ0) is 9.84. The predicted molar refractivity (Wildman–Crippen MR) is 51.7 cm³/mol. The third-order valence-corrected chi connectivity index (χ3v) is 1.77. The monoisotopic (exact) mass is 199 g/mol. The lowest BCUT2D eigenvalue weighted by atomic mass is 10.2. The Morgan fingerprint density at radius 3 is 3.00 bits per heavy atom. The number of halogens is 1. The summed E-state index contributed by atoms with van der Waals surface area (Å²) < 4.78 is 0. The summed E-state index contributed by atoms with van der Waals surface area (Å²) in [6, 6.07) is 1.49. The number of hydrogen-bond donors (Lipinski definition) is 2.